The van der Waals surface area contributed by atoms with Gasteiger partial charge in [-0.2, -0.15) is 0 Å². The van der Waals surface area contributed by atoms with E-state index in [1.807, 2.05) is 6.92 Å². The summed E-state index contributed by atoms with van der Waals surface area (Å²) in [6.45, 7) is 1.96. The van der Waals surface area contributed by atoms with Crippen molar-refractivity contribution >= 4 is 44.7 Å². The smallest absolute Gasteiger partial charge is 0.186 e. The molecule has 1 unspecified atom stereocenters. The highest BCUT2D eigenvalue weighted by molar-refractivity contribution is 9.10. The van der Waals surface area contributed by atoms with Gasteiger partial charge >= 0.3 is 0 Å². The maximum atomic E-state index is 11.5. The van der Waals surface area contributed by atoms with E-state index in [1.54, 1.807) is 12.1 Å². The molecule has 66 valence electrons. The van der Waals surface area contributed by atoms with Crippen LogP contribution in [-0.4, -0.2) is 10.6 Å². The van der Waals surface area contributed by atoms with Gasteiger partial charge in [-0.05, 0) is 18.6 Å². The Balaban J connectivity index is 2.78. The molecule has 12 heavy (non-hydrogen) atoms. The average molecular weight is 268 g/mol. The zero-order valence-electron chi connectivity index (χ0n) is 6.51. The number of carbonyl (C=O) groups is 1. The normalized spacial score (nSPS) is 12.9. The second-order valence-corrected chi connectivity index (χ2v) is 5.16. The lowest BCUT2D eigenvalue weighted by atomic mass is 10.2. The van der Waals surface area contributed by atoms with E-state index in [0.717, 1.165) is 11.3 Å². The number of ketones is 1. The van der Waals surface area contributed by atoms with Crippen LogP contribution >= 0.6 is 38.9 Å². The SMILES string of the molecule is CCC(Br)C(=O)c1ccc(Cl)s1. The summed E-state index contributed by atoms with van der Waals surface area (Å²) in [5.41, 5.74) is 0. The third-order valence-electron chi connectivity index (χ3n) is 1.46. The quantitative estimate of drug-likeness (QED) is 0.602. The molecule has 0 saturated carbocycles. The van der Waals surface area contributed by atoms with Crippen LogP contribution in [0.4, 0.5) is 0 Å². The molecule has 4 heteroatoms. The van der Waals surface area contributed by atoms with Crippen molar-refractivity contribution in [2.24, 2.45) is 0 Å². The number of halogens is 2. The molecule has 0 N–H and O–H groups in total. The van der Waals surface area contributed by atoms with Gasteiger partial charge in [-0.3, -0.25) is 4.79 Å². The largest absolute Gasteiger partial charge is 0.292 e. The van der Waals surface area contributed by atoms with Crippen LogP contribution < -0.4 is 0 Å². The number of carbonyl (C=O) groups excluding carboxylic acids is 1. The van der Waals surface area contributed by atoms with Crippen molar-refractivity contribution in [2.45, 2.75) is 18.2 Å². The number of rotatable bonds is 3. The van der Waals surface area contributed by atoms with Crippen molar-refractivity contribution in [3.05, 3.63) is 21.3 Å². The van der Waals surface area contributed by atoms with Crippen LogP contribution in [0.5, 0.6) is 0 Å². The van der Waals surface area contributed by atoms with Crippen LogP contribution in [0, 0.1) is 0 Å². The fraction of sp³-hybridized carbons (Fsp3) is 0.375. The summed E-state index contributed by atoms with van der Waals surface area (Å²) >= 11 is 10.3. The van der Waals surface area contributed by atoms with Gasteiger partial charge in [-0.25, -0.2) is 0 Å². The minimum atomic E-state index is -0.0767. The van der Waals surface area contributed by atoms with Crippen LogP contribution in [0.3, 0.4) is 0 Å². The van der Waals surface area contributed by atoms with Gasteiger partial charge < -0.3 is 0 Å². The molecule has 1 aromatic rings. The van der Waals surface area contributed by atoms with Crippen LogP contribution in [0.1, 0.15) is 23.0 Å². The molecule has 0 saturated heterocycles. The van der Waals surface area contributed by atoms with Crippen LogP contribution in [0.2, 0.25) is 4.34 Å². The second kappa shape index (κ2) is 4.40. The summed E-state index contributed by atoms with van der Waals surface area (Å²) < 4.78 is 0.661. The lowest BCUT2D eigenvalue weighted by molar-refractivity contribution is 0.0994. The summed E-state index contributed by atoms with van der Waals surface area (Å²) in [7, 11) is 0. The molecule has 0 bridgehead atoms. The van der Waals surface area contributed by atoms with E-state index < -0.39 is 0 Å². The summed E-state index contributed by atoms with van der Waals surface area (Å²) in [5.74, 6) is 0.120. The molecule has 1 atom stereocenters. The summed E-state index contributed by atoms with van der Waals surface area (Å²) in [6, 6.07) is 3.51. The first kappa shape index (κ1) is 10.2. The maximum absolute atomic E-state index is 11.5. The van der Waals surface area contributed by atoms with Gasteiger partial charge in [0.05, 0.1) is 14.0 Å². The highest BCUT2D eigenvalue weighted by atomic mass is 79.9. The van der Waals surface area contributed by atoms with Gasteiger partial charge in [-0.15, -0.1) is 11.3 Å². The molecule has 1 aromatic heterocycles. The predicted molar refractivity (Wildman–Crippen MR) is 56.7 cm³/mol. The van der Waals surface area contributed by atoms with Crippen molar-refractivity contribution in [1.29, 1.82) is 0 Å². The van der Waals surface area contributed by atoms with Gasteiger partial charge in [0.15, 0.2) is 5.78 Å². The van der Waals surface area contributed by atoms with Crippen LogP contribution in [0.15, 0.2) is 12.1 Å². The van der Waals surface area contributed by atoms with E-state index in [1.165, 1.54) is 11.3 Å². The Morgan fingerprint density at radius 1 is 1.75 bits per heavy atom. The summed E-state index contributed by atoms with van der Waals surface area (Å²) in [5, 5.41) is 0. The Morgan fingerprint density at radius 3 is 2.83 bits per heavy atom. The molecular weight excluding hydrogens is 260 g/mol. The van der Waals surface area contributed by atoms with Gasteiger partial charge in [0.1, 0.15) is 0 Å². The van der Waals surface area contributed by atoms with Gasteiger partial charge in [0.25, 0.3) is 0 Å². The molecule has 1 rings (SSSR count). The molecular formula is C8H8BrClOS. The second-order valence-electron chi connectivity index (χ2n) is 2.34. The average Bonchev–Trinajstić information content (AvgIpc) is 2.49. The minimum absolute atomic E-state index is 0.0767. The highest BCUT2D eigenvalue weighted by Crippen LogP contribution is 2.24. The Morgan fingerprint density at radius 2 is 2.42 bits per heavy atom. The molecule has 0 aromatic carbocycles. The Labute approximate surface area is 88.9 Å². The summed E-state index contributed by atoms with van der Waals surface area (Å²) in [6.07, 6.45) is 0.800. The number of thiophene rings is 1. The zero-order valence-corrected chi connectivity index (χ0v) is 9.67. The molecule has 1 nitrogen and oxygen atoms in total. The number of hydrogen-bond acceptors (Lipinski definition) is 2. The van der Waals surface area contributed by atoms with Gasteiger partial charge in [0.2, 0.25) is 0 Å². The standard InChI is InChI=1S/C8H8BrClOS/c1-2-5(9)8(11)6-3-4-7(10)12-6/h3-5H,2H2,1H3. The van der Waals surface area contributed by atoms with Crippen molar-refractivity contribution in [3.63, 3.8) is 0 Å². The molecule has 0 spiro atoms. The lowest BCUT2D eigenvalue weighted by Gasteiger charge is -2.01. The molecule has 0 radical (unpaired) electrons. The topological polar surface area (TPSA) is 17.1 Å². The van der Waals surface area contributed by atoms with Crippen molar-refractivity contribution in [2.75, 3.05) is 0 Å². The maximum Gasteiger partial charge on any atom is 0.186 e. The Bertz CT molecular complexity index is 284. The predicted octanol–water partition coefficient (Wildman–Crippen LogP) is 3.76. The van der Waals surface area contributed by atoms with Gasteiger partial charge in [-0.1, -0.05) is 34.5 Å². The van der Waals surface area contributed by atoms with E-state index in [9.17, 15) is 4.79 Å². The molecule has 0 aliphatic carbocycles. The number of hydrogen-bond donors (Lipinski definition) is 0. The van der Waals surface area contributed by atoms with Crippen molar-refractivity contribution in [1.82, 2.24) is 0 Å². The first-order valence-corrected chi connectivity index (χ1v) is 5.69. The third kappa shape index (κ3) is 2.31. The monoisotopic (exact) mass is 266 g/mol. The van der Waals surface area contributed by atoms with Crippen LogP contribution in [-0.2, 0) is 0 Å². The molecule has 0 aliphatic heterocycles. The summed E-state index contributed by atoms with van der Waals surface area (Å²) in [4.78, 5) is 12.1. The first-order valence-electron chi connectivity index (χ1n) is 3.58. The first-order chi connectivity index (χ1) is 5.65. The lowest BCUT2D eigenvalue weighted by Crippen LogP contribution is -2.10. The van der Waals surface area contributed by atoms with E-state index in [4.69, 9.17) is 11.6 Å². The third-order valence-corrected chi connectivity index (χ3v) is 3.77. The zero-order chi connectivity index (χ0) is 9.14. The highest BCUT2D eigenvalue weighted by Gasteiger charge is 2.16. The number of alkyl halides is 1. The Kier molecular flexibility index (Phi) is 3.75. The molecule has 1 heterocycles. The number of Topliss-reactive ketones (excluding diaryl/α,β-unsaturated/α-hetero) is 1. The van der Waals surface area contributed by atoms with E-state index >= 15 is 0 Å². The Hall–Kier alpha value is 0.140. The van der Waals surface area contributed by atoms with Gasteiger partial charge in [0, 0.05) is 0 Å². The minimum Gasteiger partial charge on any atom is -0.292 e. The van der Waals surface area contributed by atoms with Crippen LogP contribution in [0.25, 0.3) is 0 Å². The van der Waals surface area contributed by atoms with Crippen molar-refractivity contribution in [3.8, 4) is 0 Å². The fourth-order valence-electron chi connectivity index (χ4n) is 0.786. The van der Waals surface area contributed by atoms with E-state index in [2.05, 4.69) is 15.9 Å². The van der Waals surface area contributed by atoms with E-state index in [0.29, 0.717) is 4.34 Å². The molecule has 0 aliphatic rings. The molecule has 0 fully saturated rings. The van der Waals surface area contributed by atoms with E-state index in [-0.39, 0.29) is 10.6 Å². The fourth-order valence-corrected chi connectivity index (χ4v) is 2.22. The molecule has 0 amide bonds. The van der Waals surface area contributed by atoms with Crippen molar-refractivity contribution < 1.29 is 4.79 Å².